The van der Waals surface area contributed by atoms with Crippen molar-refractivity contribution in [3.8, 4) is 0 Å². The summed E-state index contributed by atoms with van der Waals surface area (Å²) in [5.74, 6) is 0.148. The number of piperidine rings is 1. The van der Waals surface area contributed by atoms with Crippen LogP contribution in [0.4, 0.5) is 4.39 Å². The van der Waals surface area contributed by atoms with E-state index in [0.717, 1.165) is 32.5 Å². The molecule has 3 aliphatic rings. The zero-order valence-corrected chi connectivity index (χ0v) is 16.8. The van der Waals surface area contributed by atoms with Crippen LogP contribution in [0.5, 0.6) is 0 Å². The molecule has 0 unspecified atom stereocenters. The maximum Gasteiger partial charge on any atom is 0.253 e. The minimum Gasteiger partial charge on any atom is -0.350 e. The van der Waals surface area contributed by atoms with Crippen molar-refractivity contribution >= 4 is 11.8 Å². The molecule has 3 heterocycles. The van der Waals surface area contributed by atoms with Gasteiger partial charge in [0.25, 0.3) is 5.91 Å². The lowest BCUT2D eigenvalue weighted by atomic mass is 9.75. The normalized spacial score (nSPS) is 26.5. The summed E-state index contributed by atoms with van der Waals surface area (Å²) in [6.45, 7) is 8.00. The van der Waals surface area contributed by atoms with Gasteiger partial charge in [0, 0.05) is 43.2 Å². The van der Waals surface area contributed by atoms with Crippen LogP contribution in [0.1, 0.15) is 48.5 Å². The minimum atomic E-state index is -0.344. The molecule has 152 valence electrons. The lowest BCUT2D eigenvalue weighted by molar-refractivity contribution is -0.123. The van der Waals surface area contributed by atoms with E-state index < -0.39 is 0 Å². The highest BCUT2D eigenvalue weighted by Crippen LogP contribution is 2.44. The number of benzene rings is 1. The third kappa shape index (κ3) is 3.32. The van der Waals surface area contributed by atoms with Gasteiger partial charge in [-0.05, 0) is 50.4 Å². The molecule has 0 saturated carbocycles. The molecule has 3 aliphatic heterocycles. The van der Waals surface area contributed by atoms with E-state index in [2.05, 4.69) is 17.1 Å². The number of nitrogens with zero attached hydrogens (tertiary/aromatic N) is 2. The Bertz CT molecular complexity index is 773. The predicted molar refractivity (Wildman–Crippen MR) is 105 cm³/mol. The quantitative estimate of drug-likeness (QED) is 0.864. The molecule has 2 atom stereocenters. The standard InChI is InChI=1S/C22H30FN3O2/c1-3-4-9-25-13-17-18(14-25)22(24-20(17)27)7-10-26(11-8-22)21(28)16-6-5-15(2)19(23)12-16/h5-6,12,17-18H,3-4,7-11,13-14H2,1-2H3,(H,24,27)/t17-,18+/m1/s1. The molecule has 4 rings (SSSR count). The van der Waals surface area contributed by atoms with Crippen molar-refractivity contribution in [2.24, 2.45) is 11.8 Å². The number of aryl methyl sites for hydroxylation is 1. The monoisotopic (exact) mass is 387 g/mol. The summed E-state index contributed by atoms with van der Waals surface area (Å²) in [6.07, 6.45) is 3.90. The van der Waals surface area contributed by atoms with Crippen LogP contribution in [-0.2, 0) is 4.79 Å². The molecule has 2 amide bonds. The summed E-state index contributed by atoms with van der Waals surface area (Å²) in [4.78, 5) is 29.6. The van der Waals surface area contributed by atoms with E-state index in [1.54, 1.807) is 24.0 Å². The Morgan fingerprint density at radius 1 is 1.29 bits per heavy atom. The smallest absolute Gasteiger partial charge is 0.253 e. The van der Waals surface area contributed by atoms with Gasteiger partial charge in [0.15, 0.2) is 0 Å². The third-order valence-electron chi connectivity index (χ3n) is 7.00. The number of nitrogens with one attached hydrogen (secondary N) is 1. The Kier molecular flexibility index (Phi) is 5.17. The highest BCUT2D eigenvalue weighted by molar-refractivity contribution is 5.94. The number of fused-ring (bicyclic) bond motifs is 2. The second-order valence-corrected chi connectivity index (χ2v) is 8.73. The molecule has 3 saturated heterocycles. The van der Waals surface area contributed by atoms with Gasteiger partial charge in [-0.15, -0.1) is 0 Å². The second-order valence-electron chi connectivity index (χ2n) is 8.73. The molecule has 6 heteroatoms. The summed E-state index contributed by atoms with van der Waals surface area (Å²) >= 11 is 0. The Hall–Kier alpha value is -1.95. The van der Waals surface area contributed by atoms with Crippen molar-refractivity contribution in [3.05, 3.63) is 35.1 Å². The summed E-state index contributed by atoms with van der Waals surface area (Å²) in [6, 6.07) is 4.68. The Labute approximate surface area is 166 Å². The Balaban J connectivity index is 1.42. The molecule has 5 nitrogen and oxygen atoms in total. The molecular weight excluding hydrogens is 357 g/mol. The van der Waals surface area contributed by atoms with Crippen LogP contribution in [0, 0.1) is 24.6 Å². The van der Waals surface area contributed by atoms with Crippen LogP contribution in [0.25, 0.3) is 0 Å². The van der Waals surface area contributed by atoms with Gasteiger partial charge < -0.3 is 15.1 Å². The lowest BCUT2D eigenvalue weighted by Crippen LogP contribution is -2.56. The van der Waals surface area contributed by atoms with Crippen molar-refractivity contribution < 1.29 is 14.0 Å². The van der Waals surface area contributed by atoms with Gasteiger partial charge in [-0.3, -0.25) is 9.59 Å². The molecule has 0 bridgehead atoms. The molecule has 3 fully saturated rings. The van der Waals surface area contributed by atoms with Crippen LogP contribution in [0.3, 0.4) is 0 Å². The Morgan fingerprint density at radius 3 is 2.71 bits per heavy atom. The van der Waals surface area contributed by atoms with Crippen LogP contribution in [0.2, 0.25) is 0 Å². The van der Waals surface area contributed by atoms with Gasteiger partial charge in [-0.25, -0.2) is 4.39 Å². The fraction of sp³-hybridized carbons (Fsp3) is 0.636. The number of hydrogen-bond donors (Lipinski definition) is 1. The number of unbranched alkanes of at least 4 members (excludes halogenated alkanes) is 1. The third-order valence-corrected chi connectivity index (χ3v) is 7.00. The van der Waals surface area contributed by atoms with Crippen LogP contribution < -0.4 is 5.32 Å². The highest BCUT2D eigenvalue weighted by Gasteiger charge is 2.57. The summed E-state index contributed by atoms with van der Waals surface area (Å²) < 4.78 is 13.8. The van der Waals surface area contributed by atoms with Crippen molar-refractivity contribution in [2.75, 3.05) is 32.7 Å². The molecule has 1 spiro atoms. The first kappa shape index (κ1) is 19.4. The first-order chi connectivity index (χ1) is 13.4. The zero-order chi connectivity index (χ0) is 19.9. The summed E-state index contributed by atoms with van der Waals surface area (Å²) in [5, 5.41) is 3.30. The predicted octanol–water partition coefficient (Wildman–Crippen LogP) is 2.59. The van der Waals surface area contributed by atoms with Gasteiger partial charge >= 0.3 is 0 Å². The molecule has 0 aliphatic carbocycles. The largest absolute Gasteiger partial charge is 0.350 e. The number of likely N-dealkylation sites (tertiary alicyclic amines) is 2. The van der Waals surface area contributed by atoms with Gasteiger partial charge in [-0.1, -0.05) is 19.4 Å². The van der Waals surface area contributed by atoms with E-state index in [4.69, 9.17) is 0 Å². The van der Waals surface area contributed by atoms with Crippen LogP contribution >= 0.6 is 0 Å². The molecular formula is C22H30FN3O2. The molecule has 1 N–H and O–H groups in total. The number of amides is 2. The fourth-order valence-corrected chi connectivity index (χ4v) is 5.22. The summed E-state index contributed by atoms with van der Waals surface area (Å²) in [5.41, 5.74) is 0.764. The molecule has 28 heavy (non-hydrogen) atoms. The lowest BCUT2D eigenvalue weighted by Gasteiger charge is -2.42. The van der Waals surface area contributed by atoms with Gasteiger partial charge in [0.05, 0.1) is 5.92 Å². The van der Waals surface area contributed by atoms with E-state index in [1.165, 1.54) is 18.9 Å². The second kappa shape index (κ2) is 7.47. The van der Waals surface area contributed by atoms with Crippen molar-refractivity contribution in [2.45, 2.75) is 45.1 Å². The van der Waals surface area contributed by atoms with E-state index in [1.807, 2.05) is 0 Å². The van der Waals surface area contributed by atoms with Crippen molar-refractivity contribution in [3.63, 3.8) is 0 Å². The molecule has 0 radical (unpaired) electrons. The van der Waals surface area contributed by atoms with Crippen molar-refractivity contribution in [1.29, 1.82) is 0 Å². The minimum absolute atomic E-state index is 0.0882. The molecule has 1 aromatic carbocycles. The topological polar surface area (TPSA) is 52.7 Å². The number of halogens is 1. The number of hydrogen-bond acceptors (Lipinski definition) is 3. The molecule has 0 aromatic heterocycles. The highest BCUT2D eigenvalue weighted by atomic mass is 19.1. The zero-order valence-electron chi connectivity index (χ0n) is 16.8. The number of carbonyl (C=O) groups is 2. The SMILES string of the molecule is CCCCN1C[C@H]2C(=O)NC3(CCN(C(=O)c4ccc(C)c(F)c4)CC3)[C@H]2C1. The summed E-state index contributed by atoms with van der Waals surface area (Å²) in [7, 11) is 0. The first-order valence-corrected chi connectivity index (χ1v) is 10.5. The van der Waals surface area contributed by atoms with Crippen LogP contribution in [0.15, 0.2) is 18.2 Å². The van der Waals surface area contributed by atoms with E-state index in [9.17, 15) is 14.0 Å². The fourth-order valence-electron chi connectivity index (χ4n) is 5.22. The van der Waals surface area contributed by atoms with E-state index in [-0.39, 0.29) is 29.1 Å². The maximum absolute atomic E-state index is 13.8. The number of carbonyl (C=O) groups excluding carboxylic acids is 2. The van der Waals surface area contributed by atoms with Crippen molar-refractivity contribution in [1.82, 2.24) is 15.1 Å². The van der Waals surface area contributed by atoms with Gasteiger partial charge in [0.2, 0.25) is 5.91 Å². The van der Waals surface area contributed by atoms with Gasteiger partial charge in [0.1, 0.15) is 5.82 Å². The molecule has 1 aromatic rings. The maximum atomic E-state index is 13.8. The average Bonchev–Trinajstić information content (AvgIpc) is 3.22. The van der Waals surface area contributed by atoms with Gasteiger partial charge in [-0.2, -0.15) is 0 Å². The first-order valence-electron chi connectivity index (χ1n) is 10.5. The van der Waals surface area contributed by atoms with E-state index >= 15 is 0 Å². The Morgan fingerprint density at radius 2 is 2.04 bits per heavy atom. The van der Waals surface area contributed by atoms with Crippen LogP contribution in [-0.4, -0.2) is 59.9 Å². The average molecular weight is 387 g/mol. The van der Waals surface area contributed by atoms with E-state index in [0.29, 0.717) is 30.1 Å². The number of rotatable bonds is 4.